The van der Waals surface area contributed by atoms with E-state index in [0.717, 1.165) is 42.4 Å². The van der Waals surface area contributed by atoms with Crippen LogP contribution in [0.5, 0.6) is 5.88 Å². The second kappa shape index (κ2) is 5.98. The first-order valence-corrected chi connectivity index (χ1v) is 7.59. The highest BCUT2D eigenvalue weighted by Crippen LogP contribution is 2.25. The number of likely N-dealkylation sites (tertiary alicyclic amines) is 1. The number of pyridine rings is 1. The lowest BCUT2D eigenvalue weighted by Gasteiger charge is -2.29. The number of hydrogen-bond donors (Lipinski definition) is 0. The molecule has 2 aromatic rings. The number of alkyl halides is 1. The maximum atomic E-state index is 6.06. The summed E-state index contributed by atoms with van der Waals surface area (Å²) in [7, 11) is 2.15. The Bertz CT molecular complexity index is 594. The molecule has 1 aromatic carbocycles. The van der Waals surface area contributed by atoms with E-state index in [1.807, 2.05) is 24.3 Å². The summed E-state index contributed by atoms with van der Waals surface area (Å²) < 4.78 is 6.06. The van der Waals surface area contributed by atoms with Crippen LogP contribution in [0.2, 0.25) is 0 Å². The Morgan fingerprint density at radius 1 is 1.30 bits per heavy atom. The molecule has 0 aliphatic carbocycles. The minimum atomic E-state index is 0.267. The lowest BCUT2D eigenvalue weighted by atomic mass is 10.1. The zero-order valence-corrected chi connectivity index (χ0v) is 12.4. The molecule has 1 fully saturated rings. The molecule has 0 amide bonds. The molecule has 1 aliphatic heterocycles. The Morgan fingerprint density at radius 3 is 2.80 bits per heavy atom. The molecular formula is C16H19ClN2O. The number of hydrogen-bond acceptors (Lipinski definition) is 3. The molecule has 0 unspecified atom stereocenters. The monoisotopic (exact) mass is 290 g/mol. The van der Waals surface area contributed by atoms with Gasteiger partial charge < -0.3 is 9.64 Å². The third kappa shape index (κ3) is 2.89. The van der Waals surface area contributed by atoms with Crippen LogP contribution in [0.25, 0.3) is 10.9 Å². The molecular weight excluding hydrogens is 272 g/mol. The predicted octanol–water partition coefficient (Wildman–Crippen LogP) is 3.45. The van der Waals surface area contributed by atoms with E-state index in [1.54, 1.807) is 0 Å². The van der Waals surface area contributed by atoms with E-state index in [0.29, 0.717) is 11.8 Å². The topological polar surface area (TPSA) is 25.4 Å². The van der Waals surface area contributed by atoms with Gasteiger partial charge in [0.1, 0.15) is 6.10 Å². The second-order valence-corrected chi connectivity index (χ2v) is 5.66. The highest BCUT2D eigenvalue weighted by Gasteiger charge is 2.19. The van der Waals surface area contributed by atoms with E-state index in [1.165, 1.54) is 0 Å². The first-order chi connectivity index (χ1) is 9.76. The average molecular weight is 291 g/mol. The zero-order valence-electron chi connectivity index (χ0n) is 11.7. The summed E-state index contributed by atoms with van der Waals surface area (Å²) in [6.45, 7) is 2.17. The number of para-hydroxylation sites is 1. The largest absolute Gasteiger partial charge is 0.474 e. The van der Waals surface area contributed by atoms with Gasteiger partial charge in [0.25, 0.3) is 0 Å². The summed E-state index contributed by atoms with van der Waals surface area (Å²) in [6, 6.07) is 10.0. The number of rotatable bonds is 3. The molecule has 3 nitrogen and oxygen atoms in total. The van der Waals surface area contributed by atoms with Crippen LogP contribution >= 0.6 is 11.6 Å². The number of nitrogens with zero attached hydrogens (tertiary/aromatic N) is 2. The lowest BCUT2D eigenvalue weighted by Crippen LogP contribution is -2.35. The van der Waals surface area contributed by atoms with Crippen molar-refractivity contribution in [3.63, 3.8) is 0 Å². The Labute approximate surface area is 124 Å². The van der Waals surface area contributed by atoms with Gasteiger partial charge in [0, 0.05) is 30.4 Å². The first-order valence-electron chi connectivity index (χ1n) is 7.06. The minimum Gasteiger partial charge on any atom is -0.474 e. The Balaban J connectivity index is 1.84. The standard InChI is InChI=1S/C16H19ClN2O/c1-19-8-6-13(7-9-19)20-16-10-12(11-17)14-4-2-3-5-15(14)18-16/h2-5,10,13H,6-9,11H2,1H3. The van der Waals surface area contributed by atoms with Crippen molar-refractivity contribution >= 4 is 22.5 Å². The van der Waals surface area contributed by atoms with Crippen LogP contribution in [-0.4, -0.2) is 36.1 Å². The number of benzene rings is 1. The third-order valence-electron chi connectivity index (χ3n) is 3.88. The van der Waals surface area contributed by atoms with Gasteiger partial charge in [0.05, 0.1) is 5.52 Å². The Morgan fingerprint density at radius 2 is 2.05 bits per heavy atom. The van der Waals surface area contributed by atoms with Crippen molar-refractivity contribution in [1.82, 2.24) is 9.88 Å². The van der Waals surface area contributed by atoms with Crippen molar-refractivity contribution in [3.8, 4) is 5.88 Å². The molecule has 0 atom stereocenters. The fourth-order valence-electron chi connectivity index (χ4n) is 2.66. The summed E-state index contributed by atoms with van der Waals surface area (Å²) >= 11 is 6.05. The number of ether oxygens (including phenoxy) is 1. The van der Waals surface area contributed by atoms with Crippen molar-refractivity contribution in [2.45, 2.75) is 24.8 Å². The van der Waals surface area contributed by atoms with E-state index >= 15 is 0 Å². The average Bonchev–Trinajstić information content (AvgIpc) is 2.49. The Hall–Kier alpha value is -1.32. The molecule has 0 radical (unpaired) electrons. The van der Waals surface area contributed by atoms with Crippen molar-refractivity contribution in [1.29, 1.82) is 0 Å². The van der Waals surface area contributed by atoms with Crippen molar-refractivity contribution in [2.24, 2.45) is 0 Å². The van der Waals surface area contributed by atoms with Crippen LogP contribution in [0, 0.1) is 0 Å². The summed E-state index contributed by atoms with van der Waals surface area (Å²) in [4.78, 5) is 6.93. The van der Waals surface area contributed by atoms with Crippen LogP contribution < -0.4 is 4.74 Å². The highest BCUT2D eigenvalue weighted by atomic mass is 35.5. The summed E-state index contributed by atoms with van der Waals surface area (Å²) in [5.74, 6) is 1.18. The van der Waals surface area contributed by atoms with E-state index in [4.69, 9.17) is 16.3 Å². The molecule has 0 spiro atoms. The molecule has 20 heavy (non-hydrogen) atoms. The van der Waals surface area contributed by atoms with Gasteiger partial charge in [-0.2, -0.15) is 0 Å². The van der Waals surface area contributed by atoms with Crippen LogP contribution in [0.1, 0.15) is 18.4 Å². The SMILES string of the molecule is CN1CCC(Oc2cc(CCl)c3ccccc3n2)CC1. The molecule has 0 bridgehead atoms. The fourth-order valence-corrected chi connectivity index (χ4v) is 2.89. The maximum Gasteiger partial charge on any atom is 0.214 e. The second-order valence-electron chi connectivity index (χ2n) is 5.39. The number of aromatic nitrogens is 1. The van der Waals surface area contributed by atoms with Gasteiger partial charge in [0.15, 0.2) is 0 Å². The van der Waals surface area contributed by atoms with Crippen molar-refractivity contribution in [2.75, 3.05) is 20.1 Å². The van der Waals surface area contributed by atoms with Crippen LogP contribution in [0.3, 0.4) is 0 Å². The predicted molar refractivity (Wildman–Crippen MR) is 82.4 cm³/mol. The van der Waals surface area contributed by atoms with Gasteiger partial charge in [0.2, 0.25) is 5.88 Å². The van der Waals surface area contributed by atoms with Gasteiger partial charge in [-0.05, 0) is 31.5 Å². The van der Waals surface area contributed by atoms with Gasteiger partial charge in [-0.25, -0.2) is 4.98 Å². The van der Waals surface area contributed by atoms with Gasteiger partial charge in [-0.15, -0.1) is 11.6 Å². The minimum absolute atomic E-state index is 0.267. The molecule has 1 aliphatic rings. The quantitative estimate of drug-likeness (QED) is 0.810. The summed E-state index contributed by atoms with van der Waals surface area (Å²) in [5, 5.41) is 1.11. The number of piperidine rings is 1. The molecule has 106 valence electrons. The van der Waals surface area contributed by atoms with Crippen LogP contribution in [0.15, 0.2) is 30.3 Å². The van der Waals surface area contributed by atoms with Crippen molar-refractivity contribution < 1.29 is 4.74 Å². The molecule has 0 saturated carbocycles. The Kier molecular flexibility index (Phi) is 4.08. The summed E-state index contributed by atoms with van der Waals surface area (Å²) in [5.41, 5.74) is 2.04. The molecule has 0 N–H and O–H groups in total. The van der Waals surface area contributed by atoms with Gasteiger partial charge in [-0.3, -0.25) is 0 Å². The maximum absolute atomic E-state index is 6.06. The van der Waals surface area contributed by atoms with E-state index in [9.17, 15) is 0 Å². The van der Waals surface area contributed by atoms with Crippen molar-refractivity contribution in [3.05, 3.63) is 35.9 Å². The smallest absolute Gasteiger partial charge is 0.214 e. The van der Waals surface area contributed by atoms with E-state index < -0.39 is 0 Å². The fraction of sp³-hybridized carbons (Fsp3) is 0.438. The zero-order chi connectivity index (χ0) is 13.9. The number of halogens is 1. The number of fused-ring (bicyclic) bond motifs is 1. The van der Waals surface area contributed by atoms with Gasteiger partial charge in [-0.1, -0.05) is 18.2 Å². The molecule has 3 rings (SSSR count). The van der Waals surface area contributed by atoms with Gasteiger partial charge >= 0.3 is 0 Å². The molecule has 4 heteroatoms. The highest BCUT2D eigenvalue weighted by molar-refractivity contribution is 6.18. The van der Waals surface area contributed by atoms with E-state index in [2.05, 4.69) is 23.0 Å². The van der Waals surface area contributed by atoms with E-state index in [-0.39, 0.29) is 6.10 Å². The first kappa shape index (κ1) is 13.7. The lowest BCUT2D eigenvalue weighted by molar-refractivity contribution is 0.110. The molecule has 1 saturated heterocycles. The van der Waals surface area contributed by atoms with Crippen LogP contribution in [-0.2, 0) is 5.88 Å². The summed E-state index contributed by atoms with van der Waals surface area (Å²) in [6.07, 6.45) is 2.38. The molecule has 1 aromatic heterocycles. The third-order valence-corrected chi connectivity index (χ3v) is 4.16. The normalized spacial score (nSPS) is 17.5. The van der Waals surface area contributed by atoms with Crippen LogP contribution in [0.4, 0.5) is 0 Å². The molecule has 2 heterocycles.